The van der Waals surface area contributed by atoms with E-state index in [4.69, 9.17) is 27.9 Å². The first-order valence-electron chi connectivity index (χ1n) is 17.6. The lowest BCUT2D eigenvalue weighted by atomic mass is 9.89. The summed E-state index contributed by atoms with van der Waals surface area (Å²) in [4.78, 5) is 11.7. The number of allylic oxidation sites excluding steroid dienone is 2. The summed E-state index contributed by atoms with van der Waals surface area (Å²) in [7, 11) is -2.64. The van der Waals surface area contributed by atoms with E-state index in [0.717, 1.165) is 44.1 Å². The summed E-state index contributed by atoms with van der Waals surface area (Å²) < 4.78 is 62.9. The van der Waals surface area contributed by atoms with E-state index in [0.29, 0.717) is 58.2 Å². The van der Waals surface area contributed by atoms with E-state index in [-0.39, 0.29) is 47.5 Å². The van der Waals surface area contributed by atoms with Crippen LogP contribution in [0.15, 0.2) is 53.5 Å². The van der Waals surface area contributed by atoms with Crippen LogP contribution >= 0.6 is 0 Å². The van der Waals surface area contributed by atoms with Crippen molar-refractivity contribution < 1.29 is 41.1 Å². The van der Waals surface area contributed by atoms with Crippen molar-refractivity contribution in [3.8, 4) is 11.8 Å². The Morgan fingerprint density at radius 2 is 1.75 bits per heavy atom. The summed E-state index contributed by atoms with van der Waals surface area (Å²) in [6.45, 7) is 5.09. The molecule has 1 saturated carbocycles. The molecular formula is C38H54O9S. The van der Waals surface area contributed by atoms with Crippen molar-refractivity contribution in [3.05, 3.63) is 54.1 Å². The van der Waals surface area contributed by atoms with Gasteiger partial charge in [-0.05, 0) is 96.1 Å². The molecule has 4 rings (SSSR count). The summed E-state index contributed by atoms with van der Waals surface area (Å²) in [6, 6.07) is 6.73. The fourth-order valence-corrected chi connectivity index (χ4v) is 7.63. The Morgan fingerprint density at radius 3 is 2.42 bits per heavy atom. The zero-order valence-corrected chi connectivity index (χ0v) is 29.7. The number of benzene rings is 1. The molecule has 2 aliphatic heterocycles. The Bertz CT molecular complexity index is 1330. The number of esters is 1. The van der Waals surface area contributed by atoms with Gasteiger partial charge < -0.3 is 23.7 Å². The van der Waals surface area contributed by atoms with Crippen molar-refractivity contribution in [2.24, 2.45) is 11.8 Å². The third-order valence-electron chi connectivity index (χ3n) is 9.19. The van der Waals surface area contributed by atoms with Gasteiger partial charge in [-0.1, -0.05) is 42.0 Å². The molecule has 48 heavy (non-hydrogen) atoms. The van der Waals surface area contributed by atoms with Crippen LogP contribution in [0.2, 0.25) is 0 Å². The highest BCUT2D eigenvalue weighted by atomic mass is 32.2. The monoisotopic (exact) mass is 686 g/mol. The number of hydrogen-bond donors (Lipinski definition) is 0. The second-order valence-corrected chi connectivity index (χ2v) is 14.4. The zero-order valence-electron chi connectivity index (χ0n) is 28.8. The molecule has 2 unspecified atom stereocenters. The van der Waals surface area contributed by atoms with Crippen molar-refractivity contribution in [2.75, 3.05) is 20.3 Å². The van der Waals surface area contributed by atoms with Gasteiger partial charge in [0.1, 0.15) is 0 Å². The van der Waals surface area contributed by atoms with Crippen LogP contribution < -0.4 is 0 Å². The lowest BCUT2D eigenvalue weighted by Crippen LogP contribution is -2.31. The van der Waals surface area contributed by atoms with Crippen molar-refractivity contribution >= 4 is 16.1 Å². The van der Waals surface area contributed by atoms with Crippen LogP contribution in [-0.4, -0.2) is 65.6 Å². The summed E-state index contributed by atoms with van der Waals surface area (Å²) in [5.74, 6) is 5.53. The average Bonchev–Trinajstić information content (AvgIpc) is 3.40. The molecule has 9 nitrogen and oxygen atoms in total. The second kappa shape index (κ2) is 20.2. The third-order valence-corrected chi connectivity index (χ3v) is 10.5. The largest absolute Gasteiger partial charge is 0.469 e. The van der Waals surface area contributed by atoms with E-state index in [9.17, 15) is 13.2 Å². The molecule has 3 aliphatic rings. The molecule has 0 spiro atoms. The van der Waals surface area contributed by atoms with Gasteiger partial charge in [0.25, 0.3) is 10.1 Å². The summed E-state index contributed by atoms with van der Waals surface area (Å²) in [5.41, 5.74) is 0.969. The van der Waals surface area contributed by atoms with Crippen LogP contribution in [0.5, 0.6) is 0 Å². The normalized spacial score (nSPS) is 27.1. The number of rotatable bonds is 17. The average molecular weight is 687 g/mol. The van der Waals surface area contributed by atoms with Crippen LogP contribution in [0.1, 0.15) is 96.0 Å². The molecule has 1 aromatic rings. The molecule has 2 heterocycles. The Labute approximate surface area is 287 Å². The van der Waals surface area contributed by atoms with E-state index in [2.05, 4.69) is 30.1 Å². The third kappa shape index (κ3) is 12.4. The lowest BCUT2D eigenvalue weighted by Gasteiger charge is -2.30. The molecule has 0 radical (unpaired) electrons. The fourth-order valence-electron chi connectivity index (χ4n) is 6.51. The Morgan fingerprint density at radius 1 is 1.02 bits per heavy atom. The molecule has 0 aromatic heterocycles. The molecule has 1 aliphatic carbocycles. The van der Waals surface area contributed by atoms with Gasteiger partial charge in [-0.25, -0.2) is 0 Å². The van der Waals surface area contributed by atoms with Gasteiger partial charge >= 0.3 is 5.97 Å². The van der Waals surface area contributed by atoms with Gasteiger partial charge in [-0.3, -0.25) is 8.98 Å². The molecule has 2 saturated heterocycles. The first-order chi connectivity index (χ1) is 23.3. The topological polar surface area (TPSA) is 107 Å². The van der Waals surface area contributed by atoms with Crippen LogP contribution in [0, 0.1) is 30.6 Å². The van der Waals surface area contributed by atoms with Crippen LogP contribution in [0.25, 0.3) is 0 Å². The number of aryl methyl sites for hydroxylation is 1. The highest BCUT2D eigenvalue weighted by Gasteiger charge is 2.46. The number of unbranched alkanes of at least 4 members (excludes halogenated alkanes) is 1. The number of hydrogen-bond acceptors (Lipinski definition) is 9. The number of ether oxygens (including phenoxy) is 5. The number of carbonyl (C=O) groups excluding carboxylic acids is 1. The highest BCUT2D eigenvalue weighted by Crippen LogP contribution is 2.42. The van der Waals surface area contributed by atoms with E-state index in [1.807, 2.05) is 19.9 Å². The Kier molecular flexibility index (Phi) is 16.1. The fraction of sp³-hybridized carbons (Fsp3) is 0.658. The van der Waals surface area contributed by atoms with Crippen LogP contribution in [0.3, 0.4) is 0 Å². The van der Waals surface area contributed by atoms with Crippen molar-refractivity contribution in [2.45, 2.75) is 133 Å². The molecule has 3 fully saturated rings. The maximum absolute atomic E-state index is 13.6. The standard InChI is InChI=1S/C38H54O9S/c1-4-5-8-15-30(45-37-18-11-13-26-43-37)22-25-33-32(16-9-6-7-10-17-36(39)42-3)35(28-34(33)46-38-19-12-14-27-44-38)47-48(40,41)31-23-20-29(2)21-24-31/h6,9,20-25,30,32-35,37-38H,7-8,10-19,26-28H2,1-3H3/b9-6-,25-22+/t30-,32+,33+,34+,35-,37?,38?/m0/s1. The summed E-state index contributed by atoms with van der Waals surface area (Å²) in [5, 5.41) is 0. The quantitative estimate of drug-likeness (QED) is 0.0554. The van der Waals surface area contributed by atoms with Crippen molar-refractivity contribution in [3.63, 3.8) is 0 Å². The summed E-state index contributed by atoms with van der Waals surface area (Å²) in [6.07, 6.45) is 16.5. The van der Waals surface area contributed by atoms with Gasteiger partial charge in [0, 0.05) is 38.4 Å². The maximum Gasteiger partial charge on any atom is 0.305 e. The molecular weight excluding hydrogens is 632 g/mol. The van der Waals surface area contributed by atoms with Gasteiger partial charge in [0.2, 0.25) is 0 Å². The minimum atomic E-state index is -4.03. The predicted molar refractivity (Wildman–Crippen MR) is 183 cm³/mol. The molecule has 10 heteroatoms. The predicted octanol–water partition coefficient (Wildman–Crippen LogP) is 7.18. The molecule has 0 amide bonds. The van der Waals surface area contributed by atoms with Gasteiger partial charge in [-0.2, -0.15) is 8.42 Å². The van der Waals surface area contributed by atoms with Crippen molar-refractivity contribution in [1.82, 2.24) is 0 Å². The van der Waals surface area contributed by atoms with Crippen molar-refractivity contribution in [1.29, 1.82) is 0 Å². The van der Waals surface area contributed by atoms with Gasteiger partial charge in [-0.15, -0.1) is 11.8 Å². The van der Waals surface area contributed by atoms with Crippen LogP contribution in [0.4, 0.5) is 0 Å². The number of methoxy groups -OCH3 is 1. The zero-order chi connectivity index (χ0) is 34.2. The summed E-state index contributed by atoms with van der Waals surface area (Å²) >= 11 is 0. The molecule has 266 valence electrons. The number of carbonyl (C=O) groups is 1. The smallest absolute Gasteiger partial charge is 0.305 e. The van der Waals surface area contributed by atoms with E-state index >= 15 is 0 Å². The maximum atomic E-state index is 13.6. The second-order valence-electron chi connectivity index (χ2n) is 12.8. The van der Waals surface area contributed by atoms with E-state index in [1.54, 1.807) is 24.3 Å². The van der Waals surface area contributed by atoms with Gasteiger partial charge in [0.15, 0.2) is 12.6 Å². The van der Waals surface area contributed by atoms with Crippen LogP contribution in [-0.2, 0) is 42.8 Å². The minimum absolute atomic E-state index is 0.134. The molecule has 7 atom stereocenters. The Hall–Kier alpha value is -2.52. The van der Waals surface area contributed by atoms with E-state index < -0.39 is 16.2 Å². The van der Waals surface area contributed by atoms with Gasteiger partial charge in [0.05, 0.1) is 30.3 Å². The van der Waals surface area contributed by atoms with E-state index in [1.165, 1.54) is 7.11 Å². The SMILES string of the molecule is CC#CCC[C@@H](/C=C/[C@@H]1[C@@H](C/C=C\CCCC(=O)OC)[C@@H](OS(=O)(=O)c2ccc(C)cc2)C[C@H]1OC1CCCCO1)OC1CCCCO1. The highest BCUT2D eigenvalue weighted by molar-refractivity contribution is 7.86. The lowest BCUT2D eigenvalue weighted by molar-refractivity contribution is -0.193. The molecule has 0 N–H and O–H groups in total. The Balaban J connectivity index is 1.60. The molecule has 1 aromatic carbocycles. The first kappa shape index (κ1) is 38.3. The minimum Gasteiger partial charge on any atom is -0.469 e. The molecule has 0 bridgehead atoms. The first-order valence-corrected chi connectivity index (χ1v) is 19.0.